The Morgan fingerprint density at radius 3 is 2.64 bits per heavy atom. The van der Waals surface area contributed by atoms with Crippen LogP contribution in [0, 0.1) is 6.92 Å². The minimum absolute atomic E-state index is 0.239. The van der Waals surface area contributed by atoms with Crippen molar-refractivity contribution in [3.63, 3.8) is 0 Å². The highest BCUT2D eigenvalue weighted by Crippen LogP contribution is 2.31. The van der Waals surface area contributed by atoms with Gasteiger partial charge in [-0.05, 0) is 24.6 Å². The fourth-order valence-corrected chi connectivity index (χ4v) is 3.34. The molecule has 7 heteroatoms. The fraction of sp³-hybridized carbons (Fsp3) is 0.115. The number of aromatic amines is 1. The number of hydrogen-bond acceptors (Lipinski definition) is 6. The molecule has 33 heavy (non-hydrogen) atoms. The van der Waals surface area contributed by atoms with Crippen molar-refractivity contribution in [2.45, 2.75) is 13.5 Å². The molecule has 0 aliphatic rings. The van der Waals surface area contributed by atoms with Gasteiger partial charge in [0.15, 0.2) is 11.5 Å². The lowest BCUT2D eigenvalue weighted by atomic mass is 10.1. The SMILES string of the molecule is COc1cccc(/C=N\Nc2nc(-c3ccccc3)cc(=O)[nH]2)c1OCc1cccc(C)c1. The summed E-state index contributed by atoms with van der Waals surface area (Å²) in [4.78, 5) is 19.2. The van der Waals surface area contributed by atoms with Crippen molar-refractivity contribution in [3.05, 3.63) is 106 Å². The quantitative estimate of drug-likeness (QED) is 0.304. The van der Waals surface area contributed by atoms with E-state index in [1.807, 2.05) is 73.7 Å². The Morgan fingerprint density at radius 1 is 1.03 bits per heavy atom. The molecule has 0 saturated heterocycles. The fourth-order valence-electron chi connectivity index (χ4n) is 3.34. The van der Waals surface area contributed by atoms with Crippen LogP contribution in [-0.2, 0) is 6.61 Å². The van der Waals surface area contributed by atoms with E-state index in [1.165, 1.54) is 11.6 Å². The molecule has 0 saturated carbocycles. The number of hydrogen-bond donors (Lipinski definition) is 2. The van der Waals surface area contributed by atoms with Gasteiger partial charge >= 0.3 is 0 Å². The van der Waals surface area contributed by atoms with E-state index in [0.717, 1.165) is 16.7 Å². The summed E-state index contributed by atoms with van der Waals surface area (Å²) in [6.45, 7) is 2.44. The van der Waals surface area contributed by atoms with Crippen molar-refractivity contribution in [2.75, 3.05) is 12.5 Å². The number of aryl methyl sites for hydroxylation is 1. The maximum atomic E-state index is 12.1. The number of hydrazone groups is 1. The second-order valence-electron chi connectivity index (χ2n) is 7.37. The average Bonchev–Trinajstić information content (AvgIpc) is 2.83. The van der Waals surface area contributed by atoms with Gasteiger partial charge in [-0.3, -0.25) is 9.78 Å². The Labute approximate surface area is 191 Å². The van der Waals surface area contributed by atoms with Crippen molar-refractivity contribution < 1.29 is 9.47 Å². The number of rotatable bonds is 8. The van der Waals surface area contributed by atoms with E-state index in [1.54, 1.807) is 13.3 Å². The third-order valence-corrected chi connectivity index (χ3v) is 4.88. The van der Waals surface area contributed by atoms with E-state index in [9.17, 15) is 4.79 Å². The van der Waals surface area contributed by atoms with E-state index in [-0.39, 0.29) is 11.5 Å². The first-order valence-electron chi connectivity index (χ1n) is 10.4. The zero-order valence-corrected chi connectivity index (χ0v) is 18.4. The van der Waals surface area contributed by atoms with Gasteiger partial charge in [0, 0.05) is 17.2 Å². The zero-order valence-electron chi connectivity index (χ0n) is 18.4. The Balaban J connectivity index is 1.54. The molecule has 0 bridgehead atoms. The Hall–Kier alpha value is -4.39. The van der Waals surface area contributed by atoms with Gasteiger partial charge in [-0.25, -0.2) is 10.4 Å². The van der Waals surface area contributed by atoms with Crippen molar-refractivity contribution in [1.82, 2.24) is 9.97 Å². The number of ether oxygens (including phenoxy) is 2. The van der Waals surface area contributed by atoms with E-state index in [0.29, 0.717) is 23.8 Å². The number of nitrogens with zero attached hydrogens (tertiary/aromatic N) is 2. The number of aromatic nitrogens is 2. The predicted molar refractivity (Wildman–Crippen MR) is 130 cm³/mol. The number of nitrogens with one attached hydrogen (secondary N) is 2. The van der Waals surface area contributed by atoms with Gasteiger partial charge in [0.1, 0.15) is 6.61 Å². The van der Waals surface area contributed by atoms with Gasteiger partial charge in [0.05, 0.1) is 19.0 Å². The summed E-state index contributed by atoms with van der Waals surface area (Å²) in [6, 6.07) is 24.6. The second kappa shape index (κ2) is 10.3. The molecule has 0 unspecified atom stereocenters. The molecular formula is C26H24N4O3. The molecule has 0 radical (unpaired) electrons. The van der Waals surface area contributed by atoms with E-state index in [4.69, 9.17) is 9.47 Å². The molecule has 4 aromatic rings. The van der Waals surface area contributed by atoms with Crippen molar-refractivity contribution in [2.24, 2.45) is 5.10 Å². The van der Waals surface area contributed by atoms with Crippen LogP contribution in [0.5, 0.6) is 11.5 Å². The number of anilines is 1. The van der Waals surface area contributed by atoms with Gasteiger partial charge < -0.3 is 9.47 Å². The normalized spacial score (nSPS) is 10.8. The van der Waals surface area contributed by atoms with Crippen LogP contribution in [0.1, 0.15) is 16.7 Å². The number of H-pyrrole nitrogens is 1. The lowest BCUT2D eigenvalue weighted by Gasteiger charge is -2.13. The van der Waals surface area contributed by atoms with Crippen molar-refractivity contribution >= 4 is 12.2 Å². The summed E-state index contributed by atoms with van der Waals surface area (Å²) < 4.78 is 11.6. The topological polar surface area (TPSA) is 88.6 Å². The molecule has 166 valence electrons. The maximum absolute atomic E-state index is 12.1. The molecule has 0 amide bonds. The highest BCUT2D eigenvalue weighted by Gasteiger charge is 2.10. The Morgan fingerprint density at radius 2 is 1.85 bits per heavy atom. The minimum atomic E-state index is -0.273. The number of benzene rings is 3. The highest BCUT2D eigenvalue weighted by molar-refractivity contribution is 5.85. The number of para-hydroxylation sites is 1. The second-order valence-corrected chi connectivity index (χ2v) is 7.37. The average molecular weight is 441 g/mol. The number of methoxy groups -OCH3 is 1. The van der Waals surface area contributed by atoms with Crippen molar-refractivity contribution in [3.8, 4) is 22.8 Å². The molecule has 0 fully saturated rings. The largest absolute Gasteiger partial charge is 0.493 e. The lowest BCUT2D eigenvalue weighted by molar-refractivity contribution is 0.284. The van der Waals surface area contributed by atoms with Gasteiger partial charge in [-0.1, -0.05) is 66.2 Å². The van der Waals surface area contributed by atoms with Crippen LogP contribution >= 0.6 is 0 Å². The van der Waals surface area contributed by atoms with E-state index in [2.05, 4.69) is 26.6 Å². The predicted octanol–water partition coefficient (Wildman–Crippen LogP) is 4.78. The molecule has 0 aliphatic carbocycles. The van der Waals surface area contributed by atoms with Crippen LogP contribution in [0.3, 0.4) is 0 Å². The van der Waals surface area contributed by atoms with Gasteiger partial charge in [-0.15, -0.1) is 0 Å². The van der Waals surface area contributed by atoms with Gasteiger partial charge in [0.25, 0.3) is 5.56 Å². The summed E-state index contributed by atoms with van der Waals surface area (Å²) in [6.07, 6.45) is 1.60. The summed E-state index contributed by atoms with van der Waals surface area (Å²) in [5, 5.41) is 4.25. The van der Waals surface area contributed by atoms with E-state index < -0.39 is 0 Å². The monoisotopic (exact) mass is 440 g/mol. The molecule has 0 atom stereocenters. The molecule has 1 heterocycles. The maximum Gasteiger partial charge on any atom is 0.252 e. The zero-order chi connectivity index (χ0) is 23.0. The van der Waals surface area contributed by atoms with Crippen LogP contribution in [0.2, 0.25) is 0 Å². The molecule has 7 nitrogen and oxygen atoms in total. The van der Waals surface area contributed by atoms with Crippen LogP contribution in [0.4, 0.5) is 5.95 Å². The minimum Gasteiger partial charge on any atom is -0.493 e. The van der Waals surface area contributed by atoms with Gasteiger partial charge in [-0.2, -0.15) is 5.10 Å². The molecule has 0 aliphatic heterocycles. The summed E-state index contributed by atoms with van der Waals surface area (Å²) >= 11 is 0. The third kappa shape index (κ3) is 5.65. The van der Waals surface area contributed by atoms with Crippen LogP contribution in [0.15, 0.2) is 88.8 Å². The Bertz CT molecular complexity index is 1320. The molecule has 3 aromatic carbocycles. The summed E-state index contributed by atoms with van der Waals surface area (Å²) in [5.74, 6) is 1.42. The molecule has 0 spiro atoms. The summed E-state index contributed by atoms with van der Waals surface area (Å²) in [5.41, 5.74) is 6.87. The van der Waals surface area contributed by atoms with E-state index >= 15 is 0 Å². The molecule has 1 aromatic heterocycles. The first kappa shape index (κ1) is 21.8. The van der Waals surface area contributed by atoms with Gasteiger partial charge in [0.2, 0.25) is 5.95 Å². The molecular weight excluding hydrogens is 416 g/mol. The summed E-state index contributed by atoms with van der Waals surface area (Å²) in [7, 11) is 1.60. The molecule has 2 N–H and O–H groups in total. The highest BCUT2D eigenvalue weighted by atomic mass is 16.5. The van der Waals surface area contributed by atoms with Crippen LogP contribution < -0.4 is 20.5 Å². The molecule has 4 rings (SSSR count). The Kier molecular flexibility index (Phi) is 6.80. The standard InChI is InChI=1S/C26H24N4O3/c1-18-8-6-9-19(14-18)17-33-25-21(12-7-13-23(25)32-2)16-27-30-26-28-22(15-24(31)29-26)20-10-4-3-5-11-20/h3-16H,17H2,1-2H3,(H2,28,29,30,31)/b27-16-. The lowest BCUT2D eigenvalue weighted by Crippen LogP contribution is -2.10. The third-order valence-electron chi connectivity index (χ3n) is 4.88. The van der Waals surface area contributed by atoms with Crippen molar-refractivity contribution in [1.29, 1.82) is 0 Å². The van der Waals surface area contributed by atoms with Crippen LogP contribution in [0.25, 0.3) is 11.3 Å². The first-order chi connectivity index (χ1) is 16.1. The first-order valence-corrected chi connectivity index (χ1v) is 10.4. The smallest absolute Gasteiger partial charge is 0.252 e. The van der Waals surface area contributed by atoms with Crippen LogP contribution in [-0.4, -0.2) is 23.3 Å².